The Kier molecular flexibility index (Phi) is 9.17. The van der Waals surface area contributed by atoms with E-state index in [1.54, 1.807) is 11.3 Å². The van der Waals surface area contributed by atoms with Gasteiger partial charge in [0.25, 0.3) is 0 Å². The summed E-state index contributed by atoms with van der Waals surface area (Å²) in [6, 6.07) is 0. The van der Waals surface area contributed by atoms with E-state index in [2.05, 4.69) is 5.32 Å². The monoisotopic (exact) mass is 556 g/mol. The molecule has 1 N–H and O–H groups in total. The maximum absolute atomic E-state index is 12.5. The highest BCUT2D eigenvalue weighted by molar-refractivity contribution is 14.0. The van der Waals surface area contributed by atoms with E-state index in [0.717, 1.165) is 30.4 Å². The van der Waals surface area contributed by atoms with Crippen molar-refractivity contribution in [1.82, 2.24) is 15.2 Å². The number of guanidine groups is 1. The van der Waals surface area contributed by atoms with Gasteiger partial charge in [0.2, 0.25) is 0 Å². The Labute approximate surface area is 195 Å². The molecule has 0 unspecified atom stereocenters. The van der Waals surface area contributed by atoms with Gasteiger partial charge in [0.15, 0.2) is 15.8 Å². The third-order valence-electron chi connectivity index (χ3n) is 5.67. The highest BCUT2D eigenvalue weighted by Crippen LogP contribution is 2.30. The lowest BCUT2D eigenvalue weighted by molar-refractivity contribution is 0.0767. The van der Waals surface area contributed by atoms with E-state index in [-0.39, 0.29) is 30.5 Å². The molecule has 0 radical (unpaired) electrons. The minimum Gasteiger partial charge on any atom is -0.381 e. The first kappa shape index (κ1) is 24.8. The second kappa shape index (κ2) is 10.7. The summed E-state index contributed by atoms with van der Waals surface area (Å²) in [5.41, 5.74) is 1.26. The van der Waals surface area contributed by atoms with E-state index in [1.165, 1.54) is 29.7 Å². The largest absolute Gasteiger partial charge is 0.381 e. The maximum Gasteiger partial charge on any atom is 0.194 e. The van der Waals surface area contributed by atoms with Gasteiger partial charge in [-0.05, 0) is 45.4 Å². The first-order valence-corrected chi connectivity index (χ1v) is 12.8. The minimum absolute atomic E-state index is 0. The number of hydrogen-bond acceptors (Lipinski definition) is 6. The molecular formula is C19H33IN4O3S2. The summed E-state index contributed by atoms with van der Waals surface area (Å²) in [6.07, 6.45) is 7.03. The highest BCUT2D eigenvalue weighted by atomic mass is 127. The molecule has 10 heteroatoms. The number of fused-ring (bicyclic) bond motifs is 1. The predicted octanol–water partition coefficient (Wildman–Crippen LogP) is 2.63. The van der Waals surface area contributed by atoms with Crippen molar-refractivity contribution < 1.29 is 13.2 Å². The van der Waals surface area contributed by atoms with E-state index in [1.807, 2.05) is 18.9 Å². The number of halogens is 1. The van der Waals surface area contributed by atoms with Gasteiger partial charge in [0.1, 0.15) is 5.01 Å². The topological polar surface area (TPSA) is 83.9 Å². The number of aliphatic imine (C=N–C) groups is 1. The van der Waals surface area contributed by atoms with Crippen LogP contribution in [-0.2, 0) is 34.0 Å². The van der Waals surface area contributed by atoms with Crippen molar-refractivity contribution >= 4 is 51.1 Å². The third-order valence-corrected chi connectivity index (χ3v) is 8.92. The van der Waals surface area contributed by atoms with Crippen molar-refractivity contribution in [1.29, 1.82) is 0 Å². The van der Waals surface area contributed by atoms with Gasteiger partial charge in [-0.1, -0.05) is 0 Å². The van der Waals surface area contributed by atoms with Gasteiger partial charge >= 0.3 is 0 Å². The number of hydrogen-bond donors (Lipinski definition) is 1. The molecule has 166 valence electrons. The standard InChI is InChI=1S/C19H32N4O3S2.HI/c1-4-20-18(21-14-19(28(3,24)25)9-11-26-12-10-19)23(2)13-17-22-15-7-5-6-8-16(15)27-17;/h4-14H2,1-3H3,(H,20,21);1H. The van der Waals surface area contributed by atoms with Crippen LogP contribution in [0.5, 0.6) is 0 Å². The normalized spacial score (nSPS) is 19.2. The molecule has 1 aromatic rings. The molecule has 0 saturated carbocycles. The molecule has 2 heterocycles. The Morgan fingerprint density at radius 2 is 2.00 bits per heavy atom. The van der Waals surface area contributed by atoms with Crippen molar-refractivity contribution in [3.63, 3.8) is 0 Å². The molecule has 29 heavy (non-hydrogen) atoms. The van der Waals surface area contributed by atoms with E-state index in [9.17, 15) is 8.42 Å². The molecule has 0 bridgehead atoms. The molecule has 1 aliphatic heterocycles. The number of nitrogens with zero attached hydrogens (tertiary/aromatic N) is 3. The molecule has 3 rings (SSSR count). The molecule has 0 amide bonds. The number of thiazole rings is 1. The Morgan fingerprint density at radius 3 is 2.62 bits per heavy atom. The van der Waals surface area contributed by atoms with E-state index in [0.29, 0.717) is 32.6 Å². The Balaban J connectivity index is 0.00000300. The SMILES string of the molecule is CCNC(=NCC1(S(C)(=O)=O)CCOCC1)N(C)Cc1nc2c(s1)CCCC2.I. The summed E-state index contributed by atoms with van der Waals surface area (Å²) in [5.74, 6) is 0.727. The summed E-state index contributed by atoms with van der Waals surface area (Å²) < 4.78 is 29.5. The van der Waals surface area contributed by atoms with Crippen LogP contribution in [0, 0.1) is 0 Å². The summed E-state index contributed by atoms with van der Waals surface area (Å²) in [4.78, 5) is 13.0. The van der Waals surface area contributed by atoms with Crippen LogP contribution in [0.3, 0.4) is 0 Å². The lowest BCUT2D eigenvalue weighted by Crippen LogP contribution is -2.47. The molecule has 0 atom stereocenters. The highest BCUT2D eigenvalue weighted by Gasteiger charge is 2.42. The van der Waals surface area contributed by atoms with Crippen LogP contribution in [0.15, 0.2) is 4.99 Å². The van der Waals surface area contributed by atoms with Crippen molar-refractivity contribution in [3.8, 4) is 0 Å². The predicted molar refractivity (Wildman–Crippen MR) is 129 cm³/mol. The zero-order valence-corrected chi connectivity index (χ0v) is 21.5. The zero-order valence-electron chi connectivity index (χ0n) is 17.6. The van der Waals surface area contributed by atoms with Crippen LogP contribution < -0.4 is 5.32 Å². The van der Waals surface area contributed by atoms with Crippen LogP contribution in [-0.4, -0.2) is 68.6 Å². The van der Waals surface area contributed by atoms with Gasteiger partial charge in [-0.3, -0.25) is 4.99 Å². The van der Waals surface area contributed by atoms with Crippen LogP contribution in [0.4, 0.5) is 0 Å². The quantitative estimate of drug-likeness (QED) is 0.330. The van der Waals surface area contributed by atoms with Crippen molar-refractivity contribution in [3.05, 3.63) is 15.6 Å². The fraction of sp³-hybridized carbons (Fsp3) is 0.789. The summed E-state index contributed by atoms with van der Waals surface area (Å²) in [6.45, 7) is 4.63. The van der Waals surface area contributed by atoms with E-state index >= 15 is 0 Å². The second-order valence-corrected chi connectivity index (χ2v) is 11.4. The Morgan fingerprint density at radius 1 is 1.31 bits per heavy atom. The summed E-state index contributed by atoms with van der Waals surface area (Å²) >= 11 is 1.80. The van der Waals surface area contributed by atoms with Gasteiger partial charge in [0, 0.05) is 37.9 Å². The van der Waals surface area contributed by atoms with E-state index < -0.39 is 14.6 Å². The molecule has 7 nitrogen and oxygen atoms in total. The lowest BCUT2D eigenvalue weighted by atomic mass is 9.99. The average molecular weight is 557 g/mol. The molecule has 0 aromatic carbocycles. The fourth-order valence-corrected chi connectivity index (χ4v) is 6.25. The molecule has 1 fully saturated rings. The van der Waals surface area contributed by atoms with Crippen molar-refractivity contribution in [2.75, 3.05) is 39.6 Å². The van der Waals surface area contributed by atoms with Crippen LogP contribution in [0.1, 0.15) is 48.2 Å². The Bertz CT molecular complexity index is 781. The molecule has 1 aromatic heterocycles. The molecule has 0 spiro atoms. The number of aryl methyl sites for hydroxylation is 2. The number of aromatic nitrogens is 1. The second-order valence-electron chi connectivity index (χ2n) is 7.78. The van der Waals surface area contributed by atoms with Gasteiger partial charge in [-0.2, -0.15) is 0 Å². The minimum atomic E-state index is -3.23. The number of sulfone groups is 1. The zero-order chi connectivity index (χ0) is 20.2. The van der Waals surface area contributed by atoms with Crippen molar-refractivity contribution in [2.24, 2.45) is 4.99 Å². The third kappa shape index (κ3) is 6.04. The maximum atomic E-state index is 12.5. The van der Waals surface area contributed by atoms with Crippen molar-refractivity contribution in [2.45, 2.75) is 56.7 Å². The van der Waals surface area contributed by atoms with Gasteiger partial charge < -0.3 is 15.0 Å². The summed E-state index contributed by atoms with van der Waals surface area (Å²) in [5, 5.41) is 4.40. The first-order chi connectivity index (χ1) is 13.3. The lowest BCUT2D eigenvalue weighted by Gasteiger charge is -2.34. The number of nitrogens with one attached hydrogen (secondary N) is 1. The van der Waals surface area contributed by atoms with Gasteiger partial charge in [-0.15, -0.1) is 35.3 Å². The van der Waals surface area contributed by atoms with Crippen LogP contribution >= 0.6 is 35.3 Å². The summed E-state index contributed by atoms with van der Waals surface area (Å²) in [7, 11) is -1.24. The molecule has 2 aliphatic rings. The average Bonchev–Trinajstić information content (AvgIpc) is 3.07. The van der Waals surface area contributed by atoms with Gasteiger partial charge in [0.05, 0.1) is 23.5 Å². The smallest absolute Gasteiger partial charge is 0.194 e. The first-order valence-electron chi connectivity index (χ1n) is 10.1. The van der Waals surface area contributed by atoms with Crippen LogP contribution in [0.25, 0.3) is 0 Å². The molecule has 1 saturated heterocycles. The fourth-order valence-electron chi connectivity index (χ4n) is 3.83. The van der Waals surface area contributed by atoms with E-state index in [4.69, 9.17) is 14.7 Å². The molecule has 1 aliphatic carbocycles. The Hall–Kier alpha value is -0.460. The molecular weight excluding hydrogens is 523 g/mol. The number of rotatable bonds is 6. The number of ether oxygens (including phenoxy) is 1. The van der Waals surface area contributed by atoms with Gasteiger partial charge in [-0.25, -0.2) is 13.4 Å². The van der Waals surface area contributed by atoms with Crippen LogP contribution in [0.2, 0.25) is 0 Å².